The number of nitrogens with zero attached hydrogens (tertiary/aromatic N) is 1. The van der Waals surface area contributed by atoms with Gasteiger partial charge in [-0.3, -0.25) is 10.3 Å². The predicted octanol–water partition coefficient (Wildman–Crippen LogP) is 2.39. The van der Waals surface area contributed by atoms with Crippen molar-refractivity contribution >= 4 is 5.84 Å². The highest BCUT2D eigenvalue weighted by atomic mass is 15.2. The Kier molecular flexibility index (Phi) is 4.50. The molecule has 16 heavy (non-hydrogen) atoms. The van der Waals surface area contributed by atoms with Crippen molar-refractivity contribution in [2.45, 2.75) is 32.4 Å². The highest BCUT2D eigenvalue weighted by Crippen LogP contribution is 2.24. The zero-order chi connectivity index (χ0) is 12.1. The maximum absolute atomic E-state index is 7.46. The van der Waals surface area contributed by atoms with E-state index < -0.39 is 0 Å². The first-order valence-corrected chi connectivity index (χ1v) is 5.62. The largest absolute Gasteiger partial charge is 0.388 e. The Morgan fingerprint density at radius 2 is 1.88 bits per heavy atom. The summed E-state index contributed by atoms with van der Waals surface area (Å²) in [7, 11) is 2.07. The lowest BCUT2D eigenvalue weighted by Crippen LogP contribution is -2.33. The van der Waals surface area contributed by atoms with Crippen molar-refractivity contribution in [3.63, 3.8) is 0 Å². The van der Waals surface area contributed by atoms with Crippen molar-refractivity contribution in [1.82, 2.24) is 4.90 Å². The quantitative estimate of drug-likeness (QED) is 0.590. The molecule has 3 N–H and O–H groups in total. The highest BCUT2D eigenvalue weighted by Gasteiger charge is 2.19. The molecule has 88 valence electrons. The van der Waals surface area contributed by atoms with Crippen LogP contribution >= 0.6 is 0 Å². The van der Waals surface area contributed by atoms with Gasteiger partial charge in [0, 0.05) is 18.5 Å². The Morgan fingerprint density at radius 3 is 2.31 bits per heavy atom. The molecule has 0 aliphatic rings. The number of rotatable bonds is 5. The molecule has 1 aromatic carbocycles. The van der Waals surface area contributed by atoms with E-state index in [0.29, 0.717) is 12.5 Å². The minimum absolute atomic E-state index is 0.193. The molecule has 3 heteroatoms. The molecule has 0 aliphatic carbocycles. The fraction of sp³-hybridized carbons (Fsp3) is 0.462. The number of hydrogen-bond acceptors (Lipinski definition) is 2. The summed E-state index contributed by atoms with van der Waals surface area (Å²) in [6.45, 7) is 4.30. The van der Waals surface area contributed by atoms with Crippen molar-refractivity contribution in [3.05, 3.63) is 35.9 Å². The van der Waals surface area contributed by atoms with E-state index in [2.05, 4.69) is 37.9 Å². The van der Waals surface area contributed by atoms with Crippen molar-refractivity contribution < 1.29 is 0 Å². The third-order valence-electron chi connectivity index (χ3n) is 2.90. The summed E-state index contributed by atoms with van der Waals surface area (Å²) in [5, 5.41) is 7.46. The number of nitrogens with one attached hydrogen (secondary N) is 1. The lowest BCUT2D eigenvalue weighted by Gasteiger charge is -2.31. The Labute approximate surface area is 97.8 Å². The van der Waals surface area contributed by atoms with Crippen molar-refractivity contribution in [3.8, 4) is 0 Å². The highest BCUT2D eigenvalue weighted by molar-refractivity contribution is 5.77. The van der Waals surface area contributed by atoms with E-state index in [1.807, 2.05) is 18.2 Å². The fourth-order valence-electron chi connectivity index (χ4n) is 1.74. The van der Waals surface area contributed by atoms with Crippen LogP contribution in [0.25, 0.3) is 0 Å². The number of hydrogen-bond donors (Lipinski definition) is 2. The maximum Gasteiger partial charge on any atom is 0.0924 e. The molecule has 1 unspecified atom stereocenters. The fourth-order valence-corrected chi connectivity index (χ4v) is 1.74. The summed E-state index contributed by atoms with van der Waals surface area (Å²) < 4.78 is 0. The van der Waals surface area contributed by atoms with Gasteiger partial charge in [-0.15, -0.1) is 0 Å². The van der Waals surface area contributed by atoms with E-state index in [1.54, 1.807) is 0 Å². The van der Waals surface area contributed by atoms with Crippen LogP contribution in [0.5, 0.6) is 0 Å². The second kappa shape index (κ2) is 5.66. The molecule has 0 saturated heterocycles. The van der Waals surface area contributed by atoms with E-state index in [-0.39, 0.29) is 11.9 Å². The van der Waals surface area contributed by atoms with Crippen LogP contribution < -0.4 is 5.73 Å². The lowest BCUT2D eigenvalue weighted by molar-refractivity contribution is 0.200. The predicted molar refractivity (Wildman–Crippen MR) is 68.6 cm³/mol. The number of benzene rings is 1. The summed E-state index contributed by atoms with van der Waals surface area (Å²) in [5.74, 6) is 0.237. The summed E-state index contributed by atoms with van der Waals surface area (Å²) in [6, 6.07) is 10.9. The van der Waals surface area contributed by atoms with Crippen LogP contribution in [0.3, 0.4) is 0 Å². The van der Waals surface area contributed by atoms with Crippen molar-refractivity contribution in [2.24, 2.45) is 5.73 Å². The number of nitrogens with two attached hydrogens (primary N) is 1. The van der Waals surface area contributed by atoms with Gasteiger partial charge in [0.25, 0.3) is 0 Å². The van der Waals surface area contributed by atoms with Crippen molar-refractivity contribution in [1.29, 1.82) is 5.41 Å². The minimum atomic E-state index is 0.193. The first-order valence-electron chi connectivity index (χ1n) is 5.62. The SMILES string of the molecule is CC(C)N(C)C(CC(=N)N)c1ccccc1. The third-order valence-corrected chi connectivity index (χ3v) is 2.90. The molecular formula is C13H21N3. The van der Waals surface area contributed by atoms with Crippen LogP contribution in [0.4, 0.5) is 0 Å². The number of amidine groups is 1. The topological polar surface area (TPSA) is 53.1 Å². The second-order valence-electron chi connectivity index (χ2n) is 4.42. The van der Waals surface area contributed by atoms with Gasteiger partial charge >= 0.3 is 0 Å². The van der Waals surface area contributed by atoms with E-state index in [9.17, 15) is 0 Å². The van der Waals surface area contributed by atoms with Crippen LogP contribution in [0.15, 0.2) is 30.3 Å². The molecule has 3 nitrogen and oxygen atoms in total. The van der Waals surface area contributed by atoms with Gasteiger partial charge in [-0.05, 0) is 26.5 Å². The van der Waals surface area contributed by atoms with E-state index >= 15 is 0 Å². The van der Waals surface area contributed by atoms with Gasteiger partial charge in [0.2, 0.25) is 0 Å². The molecular weight excluding hydrogens is 198 g/mol. The molecule has 0 saturated carbocycles. The second-order valence-corrected chi connectivity index (χ2v) is 4.42. The first kappa shape index (κ1) is 12.7. The molecule has 0 spiro atoms. The van der Waals surface area contributed by atoms with E-state index in [1.165, 1.54) is 5.56 Å². The van der Waals surface area contributed by atoms with Crippen LogP contribution in [0.2, 0.25) is 0 Å². The molecule has 1 rings (SSSR count). The smallest absolute Gasteiger partial charge is 0.0924 e. The van der Waals surface area contributed by atoms with Crippen LogP contribution in [-0.2, 0) is 0 Å². The lowest BCUT2D eigenvalue weighted by atomic mass is 10.0. The van der Waals surface area contributed by atoms with Gasteiger partial charge < -0.3 is 5.73 Å². The van der Waals surface area contributed by atoms with Gasteiger partial charge in [0.15, 0.2) is 0 Å². The molecule has 0 heterocycles. The van der Waals surface area contributed by atoms with Crippen LogP contribution in [0.1, 0.15) is 31.9 Å². The third kappa shape index (κ3) is 3.35. The molecule has 0 radical (unpaired) electrons. The van der Waals surface area contributed by atoms with Crippen LogP contribution in [-0.4, -0.2) is 23.8 Å². The van der Waals surface area contributed by atoms with Gasteiger partial charge in [-0.1, -0.05) is 30.3 Å². The molecule has 0 fully saturated rings. The molecule has 1 aromatic rings. The van der Waals surface area contributed by atoms with Gasteiger partial charge in [-0.2, -0.15) is 0 Å². The zero-order valence-corrected chi connectivity index (χ0v) is 10.3. The van der Waals surface area contributed by atoms with Gasteiger partial charge in [-0.25, -0.2) is 0 Å². The Morgan fingerprint density at radius 1 is 1.31 bits per heavy atom. The first-order chi connectivity index (χ1) is 7.52. The summed E-state index contributed by atoms with van der Waals surface area (Å²) in [6.07, 6.45) is 0.582. The molecule has 0 aromatic heterocycles. The van der Waals surface area contributed by atoms with Gasteiger partial charge in [0.05, 0.1) is 5.84 Å². The Hall–Kier alpha value is -1.35. The molecule has 0 bridgehead atoms. The van der Waals surface area contributed by atoms with E-state index in [4.69, 9.17) is 11.1 Å². The average molecular weight is 219 g/mol. The molecule has 0 aliphatic heterocycles. The van der Waals surface area contributed by atoms with Crippen LogP contribution in [0, 0.1) is 5.41 Å². The van der Waals surface area contributed by atoms with Gasteiger partial charge in [0.1, 0.15) is 0 Å². The molecule has 1 atom stereocenters. The maximum atomic E-state index is 7.46. The summed E-state index contributed by atoms with van der Waals surface area (Å²) in [4.78, 5) is 2.25. The average Bonchev–Trinajstić information content (AvgIpc) is 2.26. The normalized spacial score (nSPS) is 13.1. The monoisotopic (exact) mass is 219 g/mol. The van der Waals surface area contributed by atoms with E-state index in [0.717, 1.165) is 0 Å². The Balaban J connectivity index is 2.91. The minimum Gasteiger partial charge on any atom is -0.388 e. The summed E-state index contributed by atoms with van der Waals surface area (Å²) >= 11 is 0. The molecule has 0 amide bonds. The summed E-state index contributed by atoms with van der Waals surface area (Å²) in [5.41, 5.74) is 6.74. The van der Waals surface area contributed by atoms with Crippen molar-refractivity contribution in [2.75, 3.05) is 7.05 Å². The standard InChI is InChI=1S/C13H21N3/c1-10(2)16(3)12(9-13(14)15)11-7-5-4-6-8-11/h4-8,10,12H,9H2,1-3H3,(H3,14,15). The zero-order valence-electron chi connectivity index (χ0n) is 10.3. The Bertz CT molecular complexity index is 332.